The number of rotatable bonds is 7. The lowest BCUT2D eigenvalue weighted by molar-refractivity contribution is -0.137. The zero-order valence-corrected chi connectivity index (χ0v) is 16.6. The van der Waals surface area contributed by atoms with Gasteiger partial charge in [0.05, 0.1) is 12.2 Å². The number of nitrogens with two attached hydrogens (primary N) is 1. The molecule has 0 spiro atoms. The molecule has 0 aliphatic heterocycles. The highest BCUT2D eigenvalue weighted by Gasteiger charge is 2.31. The minimum atomic E-state index is -4.48. The minimum Gasteiger partial charge on any atom is -0.477 e. The summed E-state index contributed by atoms with van der Waals surface area (Å²) < 4.78 is 42.8. The van der Waals surface area contributed by atoms with Crippen molar-refractivity contribution in [2.45, 2.75) is 31.9 Å². The summed E-state index contributed by atoms with van der Waals surface area (Å²) in [7, 11) is 0. The summed E-state index contributed by atoms with van der Waals surface area (Å²) in [6.07, 6.45) is 0.501. The summed E-state index contributed by atoms with van der Waals surface area (Å²) >= 11 is 5.75. The number of nitrogens with one attached hydrogen (secondary N) is 1. The lowest BCUT2D eigenvalue weighted by Crippen LogP contribution is -2.34. The van der Waals surface area contributed by atoms with E-state index in [9.17, 15) is 13.2 Å². The second kappa shape index (κ2) is 10.2. The third-order valence-electron chi connectivity index (χ3n) is 3.75. The molecule has 10 heteroatoms. The molecule has 0 radical (unpaired) electrons. The van der Waals surface area contributed by atoms with Crippen LogP contribution in [-0.2, 0) is 6.18 Å². The standard InChI is InChI=1S/C15H20ClF3N4O.HI/c16-12-7-11(15(17,18)19)9-22-13(12)24-6-2-5-21-14(20)23-8-10-3-1-4-10;/h7,9-10H,1-6,8H2,(H3,20,21,23);1H. The van der Waals surface area contributed by atoms with Gasteiger partial charge in [0, 0.05) is 19.3 Å². The fourth-order valence-corrected chi connectivity index (χ4v) is 2.32. The molecule has 2 rings (SSSR count). The molecule has 1 aliphatic rings. The molecule has 0 atom stereocenters. The van der Waals surface area contributed by atoms with E-state index in [4.69, 9.17) is 22.1 Å². The number of halogens is 5. The highest BCUT2D eigenvalue weighted by Crippen LogP contribution is 2.33. The number of hydrogen-bond acceptors (Lipinski definition) is 3. The van der Waals surface area contributed by atoms with Crippen molar-refractivity contribution in [1.82, 2.24) is 10.3 Å². The molecular weight excluding hydrogens is 472 g/mol. The van der Waals surface area contributed by atoms with E-state index in [-0.39, 0.29) is 41.5 Å². The van der Waals surface area contributed by atoms with Crippen molar-refractivity contribution in [3.8, 4) is 5.88 Å². The van der Waals surface area contributed by atoms with Crippen LogP contribution < -0.4 is 15.8 Å². The normalized spacial score (nSPS) is 15.3. The molecule has 1 aromatic rings. The lowest BCUT2D eigenvalue weighted by Gasteiger charge is -2.23. The molecule has 3 N–H and O–H groups in total. The van der Waals surface area contributed by atoms with Crippen molar-refractivity contribution >= 4 is 41.5 Å². The van der Waals surface area contributed by atoms with E-state index in [1.807, 2.05) is 0 Å². The zero-order chi connectivity index (χ0) is 17.6. The Morgan fingerprint density at radius 2 is 2.16 bits per heavy atom. The Hall–Kier alpha value is -0.970. The minimum absolute atomic E-state index is 0. The van der Waals surface area contributed by atoms with Gasteiger partial charge in [-0.25, -0.2) is 4.98 Å². The van der Waals surface area contributed by atoms with E-state index in [2.05, 4.69) is 15.3 Å². The van der Waals surface area contributed by atoms with Gasteiger partial charge in [-0.05, 0) is 31.2 Å². The van der Waals surface area contributed by atoms with Crippen molar-refractivity contribution in [3.63, 3.8) is 0 Å². The summed E-state index contributed by atoms with van der Waals surface area (Å²) in [4.78, 5) is 7.85. The summed E-state index contributed by atoms with van der Waals surface area (Å²) in [5, 5.41) is 2.79. The maximum atomic E-state index is 12.5. The average Bonchev–Trinajstić information content (AvgIpc) is 2.45. The molecule has 0 unspecified atom stereocenters. The number of aromatic nitrogens is 1. The van der Waals surface area contributed by atoms with Gasteiger partial charge in [0.15, 0.2) is 5.96 Å². The average molecular weight is 493 g/mol. The van der Waals surface area contributed by atoms with Gasteiger partial charge < -0.3 is 15.8 Å². The first-order valence-electron chi connectivity index (χ1n) is 7.75. The molecule has 0 bridgehead atoms. The van der Waals surface area contributed by atoms with E-state index < -0.39 is 11.7 Å². The van der Waals surface area contributed by atoms with Crippen LogP contribution in [0.3, 0.4) is 0 Å². The van der Waals surface area contributed by atoms with E-state index in [0.29, 0.717) is 31.0 Å². The molecule has 1 aromatic heterocycles. The van der Waals surface area contributed by atoms with Gasteiger partial charge in [0.25, 0.3) is 0 Å². The maximum absolute atomic E-state index is 12.5. The van der Waals surface area contributed by atoms with Crippen molar-refractivity contribution < 1.29 is 17.9 Å². The molecule has 0 aromatic carbocycles. The molecule has 0 saturated heterocycles. The van der Waals surface area contributed by atoms with E-state index in [1.54, 1.807) is 0 Å². The molecule has 142 valence electrons. The maximum Gasteiger partial charge on any atom is 0.417 e. The van der Waals surface area contributed by atoms with Crippen molar-refractivity contribution in [3.05, 3.63) is 22.8 Å². The third kappa shape index (κ3) is 7.43. The first kappa shape index (κ1) is 22.1. The second-order valence-corrected chi connectivity index (χ2v) is 6.07. The Labute approximate surface area is 166 Å². The van der Waals surface area contributed by atoms with Gasteiger partial charge >= 0.3 is 6.18 Å². The van der Waals surface area contributed by atoms with Crippen LogP contribution in [0.5, 0.6) is 5.88 Å². The van der Waals surface area contributed by atoms with Crippen LogP contribution in [-0.4, -0.2) is 30.6 Å². The molecule has 25 heavy (non-hydrogen) atoms. The lowest BCUT2D eigenvalue weighted by atomic mass is 9.86. The molecule has 1 aliphatic carbocycles. The Morgan fingerprint density at radius 1 is 1.44 bits per heavy atom. The van der Waals surface area contributed by atoms with E-state index >= 15 is 0 Å². The quantitative estimate of drug-likeness (QED) is 0.263. The highest BCUT2D eigenvalue weighted by atomic mass is 127. The smallest absolute Gasteiger partial charge is 0.417 e. The topological polar surface area (TPSA) is 72.5 Å². The van der Waals surface area contributed by atoms with Gasteiger partial charge in [-0.1, -0.05) is 18.0 Å². The predicted octanol–water partition coefficient (Wildman–Crippen LogP) is 3.85. The first-order valence-corrected chi connectivity index (χ1v) is 8.13. The number of nitrogens with zero attached hydrogens (tertiary/aromatic N) is 2. The van der Waals surface area contributed by atoms with Crippen LogP contribution in [0.25, 0.3) is 0 Å². The van der Waals surface area contributed by atoms with Gasteiger partial charge in [0.1, 0.15) is 5.02 Å². The molecule has 1 saturated carbocycles. The van der Waals surface area contributed by atoms with Crippen LogP contribution in [0.15, 0.2) is 17.3 Å². The van der Waals surface area contributed by atoms with Gasteiger partial charge in [-0.3, -0.25) is 4.99 Å². The summed E-state index contributed by atoms with van der Waals surface area (Å²) in [5.41, 5.74) is 4.83. The Kier molecular flexibility index (Phi) is 9.04. The van der Waals surface area contributed by atoms with Crippen LogP contribution >= 0.6 is 35.6 Å². The van der Waals surface area contributed by atoms with Crippen molar-refractivity contribution in [1.29, 1.82) is 0 Å². The number of guanidine groups is 1. The molecule has 1 fully saturated rings. The number of pyridine rings is 1. The van der Waals surface area contributed by atoms with Crippen molar-refractivity contribution in [2.24, 2.45) is 16.6 Å². The monoisotopic (exact) mass is 492 g/mol. The van der Waals surface area contributed by atoms with Crippen molar-refractivity contribution in [2.75, 3.05) is 19.7 Å². The predicted molar refractivity (Wildman–Crippen MR) is 102 cm³/mol. The Morgan fingerprint density at radius 3 is 2.72 bits per heavy atom. The SMILES string of the molecule is I.NC(=NCC1CCC1)NCCCOc1ncc(C(F)(F)F)cc1Cl. The van der Waals surface area contributed by atoms with Gasteiger partial charge in [-0.2, -0.15) is 13.2 Å². The molecule has 0 amide bonds. The molecule has 1 heterocycles. The summed E-state index contributed by atoms with van der Waals surface area (Å²) in [5.74, 6) is 1.03. The van der Waals surface area contributed by atoms with Crippen LogP contribution in [0.2, 0.25) is 5.02 Å². The fourth-order valence-electron chi connectivity index (χ4n) is 2.10. The second-order valence-electron chi connectivity index (χ2n) is 5.66. The van der Waals surface area contributed by atoms with Crippen LogP contribution in [0.1, 0.15) is 31.2 Å². The number of aliphatic imine (C=N–C) groups is 1. The van der Waals surface area contributed by atoms with Crippen LogP contribution in [0, 0.1) is 5.92 Å². The zero-order valence-electron chi connectivity index (χ0n) is 13.5. The highest BCUT2D eigenvalue weighted by molar-refractivity contribution is 14.0. The van der Waals surface area contributed by atoms with E-state index in [0.717, 1.165) is 12.6 Å². The number of hydrogen-bond donors (Lipinski definition) is 2. The molecule has 5 nitrogen and oxygen atoms in total. The van der Waals surface area contributed by atoms with Gasteiger partial charge in [-0.15, -0.1) is 24.0 Å². The third-order valence-corrected chi connectivity index (χ3v) is 4.02. The first-order chi connectivity index (χ1) is 11.4. The largest absolute Gasteiger partial charge is 0.477 e. The Bertz CT molecular complexity index is 582. The summed E-state index contributed by atoms with van der Waals surface area (Å²) in [6.45, 7) is 1.54. The number of ether oxygens (including phenoxy) is 1. The fraction of sp³-hybridized carbons (Fsp3) is 0.600. The summed E-state index contributed by atoms with van der Waals surface area (Å²) in [6, 6.07) is 0.799. The number of alkyl halides is 3. The Balaban J connectivity index is 0.00000312. The molecular formula is C15H21ClF3IN4O. The van der Waals surface area contributed by atoms with E-state index in [1.165, 1.54) is 19.3 Å². The van der Waals surface area contributed by atoms with Crippen LogP contribution in [0.4, 0.5) is 13.2 Å². The van der Waals surface area contributed by atoms with Gasteiger partial charge in [0.2, 0.25) is 5.88 Å².